The SMILES string of the molecule is C#CCO/C=C\C(=O)O. The Morgan fingerprint density at radius 1 is 1.89 bits per heavy atom. The zero-order chi connectivity index (χ0) is 7.11. The molecule has 9 heavy (non-hydrogen) atoms. The minimum atomic E-state index is -1.05. The van der Waals surface area contributed by atoms with Gasteiger partial charge in [-0.3, -0.25) is 0 Å². The van der Waals surface area contributed by atoms with Crippen LogP contribution in [-0.4, -0.2) is 17.7 Å². The number of carboxylic acids is 1. The zero-order valence-electron chi connectivity index (χ0n) is 4.70. The third kappa shape index (κ3) is 6.57. The van der Waals surface area contributed by atoms with Gasteiger partial charge in [-0.25, -0.2) is 4.79 Å². The van der Waals surface area contributed by atoms with E-state index in [1.807, 2.05) is 0 Å². The predicted molar refractivity (Wildman–Crippen MR) is 31.6 cm³/mol. The van der Waals surface area contributed by atoms with Crippen molar-refractivity contribution in [3.8, 4) is 12.3 Å². The van der Waals surface area contributed by atoms with Crippen molar-refractivity contribution in [1.82, 2.24) is 0 Å². The first-order chi connectivity index (χ1) is 4.27. The molecule has 0 fully saturated rings. The normalized spacial score (nSPS) is 8.78. The molecule has 0 heterocycles. The van der Waals surface area contributed by atoms with E-state index in [2.05, 4.69) is 10.7 Å². The molecule has 0 unspecified atom stereocenters. The van der Waals surface area contributed by atoms with Gasteiger partial charge in [-0.15, -0.1) is 6.42 Å². The fraction of sp³-hybridized carbons (Fsp3) is 0.167. The van der Waals surface area contributed by atoms with Crippen molar-refractivity contribution >= 4 is 5.97 Å². The molecule has 0 radical (unpaired) electrons. The fourth-order valence-corrected chi connectivity index (χ4v) is 0.203. The number of carboxylic acid groups (broad SMARTS) is 1. The molecule has 0 rings (SSSR count). The van der Waals surface area contributed by atoms with Gasteiger partial charge in [0.05, 0.1) is 12.3 Å². The number of rotatable bonds is 3. The summed E-state index contributed by atoms with van der Waals surface area (Å²) in [7, 11) is 0. The van der Waals surface area contributed by atoms with Gasteiger partial charge in [0.15, 0.2) is 0 Å². The van der Waals surface area contributed by atoms with E-state index < -0.39 is 5.97 Å². The first kappa shape index (κ1) is 7.57. The Morgan fingerprint density at radius 3 is 3.00 bits per heavy atom. The molecule has 0 atom stereocenters. The average Bonchev–Trinajstić information content (AvgIpc) is 1.80. The van der Waals surface area contributed by atoms with E-state index in [1.54, 1.807) is 0 Å². The summed E-state index contributed by atoms with van der Waals surface area (Å²) < 4.78 is 4.50. The minimum Gasteiger partial charge on any atom is -0.488 e. The van der Waals surface area contributed by atoms with Gasteiger partial charge in [0.2, 0.25) is 0 Å². The molecular weight excluding hydrogens is 120 g/mol. The van der Waals surface area contributed by atoms with E-state index in [0.29, 0.717) is 0 Å². The molecule has 0 spiro atoms. The molecular formula is C6H6O3. The maximum absolute atomic E-state index is 9.74. The Balaban J connectivity index is 3.28. The van der Waals surface area contributed by atoms with Crippen LogP contribution in [0.2, 0.25) is 0 Å². The molecule has 0 amide bonds. The van der Waals surface area contributed by atoms with Gasteiger partial charge >= 0.3 is 5.97 Å². The van der Waals surface area contributed by atoms with E-state index in [1.165, 1.54) is 0 Å². The van der Waals surface area contributed by atoms with Crippen LogP contribution in [0, 0.1) is 12.3 Å². The monoisotopic (exact) mass is 126 g/mol. The van der Waals surface area contributed by atoms with Gasteiger partial charge in [0.25, 0.3) is 0 Å². The van der Waals surface area contributed by atoms with Crippen LogP contribution in [0.4, 0.5) is 0 Å². The van der Waals surface area contributed by atoms with Crippen LogP contribution in [0.3, 0.4) is 0 Å². The number of hydrogen-bond donors (Lipinski definition) is 1. The third-order valence-corrected chi connectivity index (χ3v) is 0.474. The molecule has 3 nitrogen and oxygen atoms in total. The van der Waals surface area contributed by atoms with Crippen molar-refractivity contribution < 1.29 is 14.6 Å². The summed E-state index contributed by atoms with van der Waals surface area (Å²) in [5.41, 5.74) is 0. The van der Waals surface area contributed by atoms with Crippen molar-refractivity contribution in [2.24, 2.45) is 0 Å². The second kappa shape index (κ2) is 4.72. The standard InChI is InChI=1S/C6H6O3/c1-2-4-9-5-3-6(7)8/h1,3,5H,4H2,(H,7,8)/b5-3-. The van der Waals surface area contributed by atoms with E-state index in [0.717, 1.165) is 12.3 Å². The number of terminal acetylenes is 1. The van der Waals surface area contributed by atoms with Gasteiger partial charge in [0.1, 0.15) is 6.61 Å². The van der Waals surface area contributed by atoms with Gasteiger partial charge < -0.3 is 9.84 Å². The largest absolute Gasteiger partial charge is 0.488 e. The molecule has 0 saturated carbocycles. The van der Waals surface area contributed by atoms with Crippen molar-refractivity contribution in [3.05, 3.63) is 12.3 Å². The molecule has 48 valence electrons. The molecule has 0 aromatic heterocycles. The smallest absolute Gasteiger partial charge is 0.331 e. The molecule has 0 aromatic rings. The average molecular weight is 126 g/mol. The van der Waals surface area contributed by atoms with Gasteiger partial charge in [-0.1, -0.05) is 5.92 Å². The lowest BCUT2D eigenvalue weighted by molar-refractivity contribution is -0.131. The Kier molecular flexibility index (Phi) is 3.97. The second-order valence-electron chi connectivity index (χ2n) is 1.16. The summed E-state index contributed by atoms with van der Waals surface area (Å²) >= 11 is 0. The molecule has 0 aliphatic heterocycles. The van der Waals surface area contributed by atoms with E-state index in [4.69, 9.17) is 11.5 Å². The van der Waals surface area contributed by atoms with Crippen LogP contribution in [0.15, 0.2) is 12.3 Å². The maximum atomic E-state index is 9.74. The Hall–Kier alpha value is -1.43. The molecule has 0 aromatic carbocycles. The van der Waals surface area contributed by atoms with Crippen molar-refractivity contribution in [2.75, 3.05) is 6.61 Å². The number of hydrogen-bond acceptors (Lipinski definition) is 2. The number of aliphatic carboxylic acids is 1. The van der Waals surface area contributed by atoms with Gasteiger partial charge in [-0.05, 0) is 0 Å². The van der Waals surface area contributed by atoms with E-state index in [-0.39, 0.29) is 6.61 Å². The topological polar surface area (TPSA) is 46.5 Å². The molecule has 0 aliphatic rings. The number of ether oxygens (including phenoxy) is 1. The summed E-state index contributed by atoms with van der Waals surface area (Å²) in [4.78, 5) is 9.74. The summed E-state index contributed by atoms with van der Waals surface area (Å²) in [5.74, 6) is 1.13. The van der Waals surface area contributed by atoms with Crippen LogP contribution in [0.25, 0.3) is 0 Å². The highest BCUT2D eigenvalue weighted by Crippen LogP contribution is 1.75. The van der Waals surface area contributed by atoms with Gasteiger partial charge in [-0.2, -0.15) is 0 Å². The van der Waals surface area contributed by atoms with Crippen molar-refractivity contribution in [1.29, 1.82) is 0 Å². The van der Waals surface area contributed by atoms with Crippen LogP contribution in [-0.2, 0) is 9.53 Å². The molecule has 0 aliphatic carbocycles. The Bertz CT molecular complexity index is 152. The fourth-order valence-electron chi connectivity index (χ4n) is 0.203. The lowest BCUT2D eigenvalue weighted by Crippen LogP contribution is -1.88. The Morgan fingerprint density at radius 2 is 2.56 bits per heavy atom. The van der Waals surface area contributed by atoms with Crippen molar-refractivity contribution in [2.45, 2.75) is 0 Å². The highest BCUT2D eigenvalue weighted by Gasteiger charge is 1.82. The molecule has 3 heteroatoms. The van der Waals surface area contributed by atoms with Crippen LogP contribution in [0.5, 0.6) is 0 Å². The summed E-state index contributed by atoms with van der Waals surface area (Å²) in [6.45, 7) is 0.101. The van der Waals surface area contributed by atoms with Crippen LogP contribution >= 0.6 is 0 Å². The van der Waals surface area contributed by atoms with Crippen molar-refractivity contribution in [3.63, 3.8) is 0 Å². The lowest BCUT2D eigenvalue weighted by Gasteiger charge is -1.87. The first-order valence-electron chi connectivity index (χ1n) is 2.22. The second-order valence-corrected chi connectivity index (χ2v) is 1.16. The highest BCUT2D eigenvalue weighted by atomic mass is 16.5. The first-order valence-corrected chi connectivity index (χ1v) is 2.22. The Labute approximate surface area is 52.9 Å². The number of carbonyl (C=O) groups is 1. The summed E-state index contributed by atoms with van der Waals surface area (Å²) in [6, 6.07) is 0. The highest BCUT2D eigenvalue weighted by molar-refractivity contribution is 5.79. The predicted octanol–water partition coefficient (Wildman–Crippen LogP) is 0.234. The summed E-state index contributed by atoms with van der Waals surface area (Å²) in [5, 5.41) is 7.99. The van der Waals surface area contributed by atoms with Gasteiger partial charge in [0, 0.05) is 0 Å². The molecule has 0 saturated heterocycles. The molecule has 0 bridgehead atoms. The van der Waals surface area contributed by atoms with E-state index in [9.17, 15) is 4.79 Å². The summed E-state index contributed by atoms with van der Waals surface area (Å²) in [6.07, 6.45) is 6.71. The lowest BCUT2D eigenvalue weighted by atomic mass is 10.6. The third-order valence-electron chi connectivity index (χ3n) is 0.474. The van der Waals surface area contributed by atoms with E-state index >= 15 is 0 Å². The van der Waals surface area contributed by atoms with Crippen LogP contribution in [0.1, 0.15) is 0 Å². The quantitative estimate of drug-likeness (QED) is 0.255. The van der Waals surface area contributed by atoms with Crippen LogP contribution < -0.4 is 0 Å². The molecule has 1 N–H and O–H groups in total. The minimum absolute atomic E-state index is 0.101. The zero-order valence-corrected chi connectivity index (χ0v) is 4.70. The maximum Gasteiger partial charge on any atom is 0.331 e.